The van der Waals surface area contributed by atoms with E-state index in [1.807, 2.05) is 11.3 Å². The third-order valence-corrected chi connectivity index (χ3v) is 8.36. The minimum Gasteiger partial charge on any atom is -0.455 e. The molecule has 0 saturated carbocycles. The van der Waals surface area contributed by atoms with Crippen LogP contribution in [0.2, 0.25) is 0 Å². The third kappa shape index (κ3) is 3.05. The molecular formula is C34H21NOS. The van der Waals surface area contributed by atoms with E-state index in [0.717, 1.165) is 44.4 Å². The number of hydrogen-bond donors (Lipinski definition) is 0. The first-order chi connectivity index (χ1) is 18.4. The molecule has 0 radical (unpaired) electrons. The van der Waals surface area contributed by atoms with Crippen LogP contribution in [0.1, 0.15) is 0 Å². The molecule has 0 amide bonds. The molecule has 3 heteroatoms. The SMILES string of the molecule is c1ccc(N(c2ccccc2)c2cccc3sc4ccc5c6ccc7ccccc7c6oc5c4c23)cc1. The average Bonchev–Trinajstić information content (AvgIpc) is 3.53. The van der Waals surface area contributed by atoms with Crippen molar-refractivity contribution in [2.24, 2.45) is 0 Å². The van der Waals surface area contributed by atoms with Crippen molar-refractivity contribution in [1.82, 2.24) is 0 Å². The topological polar surface area (TPSA) is 16.4 Å². The van der Waals surface area contributed by atoms with E-state index in [1.54, 1.807) is 0 Å². The highest BCUT2D eigenvalue weighted by Crippen LogP contribution is 2.48. The Hall–Kier alpha value is -4.60. The molecule has 0 spiro atoms. The second-order valence-corrected chi connectivity index (χ2v) is 10.4. The molecule has 8 aromatic rings. The molecule has 0 unspecified atom stereocenters. The number of benzene rings is 6. The lowest BCUT2D eigenvalue weighted by Gasteiger charge is -2.26. The highest BCUT2D eigenvalue weighted by atomic mass is 32.1. The van der Waals surface area contributed by atoms with Crippen molar-refractivity contribution in [2.75, 3.05) is 4.90 Å². The maximum absolute atomic E-state index is 6.78. The van der Waals surface area contributed by atoms with Crippen LogP contribution in [0.15, 0.2) is 132 Å². The van der Waals surface area contributed by atoms with Gasteiger partial charge in [0, 0.05) is 47.7 Å². The van der Waals surface area contributed by atoms with Crippen LogP contribution in [0, 0.1) is 0 Å². The maximum atomic E-state index is 6.78. The van der Waals surface area contributed by atoms with Crippen LogP contribution in [-0.4, -0.2) is 0 Å². The number of fused-ring (bicyclic) bond motifs is 9. The summed E-state index contributed by atoms with van der Waals surface area (Å²) < 4.78 is 9.27. The Morgan fingerprint density at radius 2 is 1.11 bits per heavy atom. The van der Waals surface area contributed by atoms with E-state index >= 15 is 0 Å². The summed E-state index contributed by atoms with van der Waals surface area (Å²) in [7, 11) is 0. The monoisotopic (exact) mass is 491 g/mol. The van der Waals surface area contributed by atoms with Crippen LogP contribution >= 0.6 is 11.3 Å². The molecule has 8 rings (SSSR count). The molecule has 0 aliphatic heterocycles. The zero-order chi connectivity index (χ0) is 24.3. The van der Waals surface area contributed by atoms with Gasteiger partial charge in [0.2, 0.25) is 0 Å². The summed E-state index contributed by atoms with van der Waals surface area (Å²) in [5, 5.41) is 7.08. The Morgan fingerprint density at radius 3 is 1.89 bits per heavy atom. The molecule has 37 heavy (non-hydrogen) atoms. The van der Waals surface area contributed by atoms with Gasteiger partial charge in [-0.2, -0.15) is 0 Å². The van der Waals surface area contributed by atoms with Gasteiger partial charge >= 0.3 is 0 Å². The Balaban J connectivity index is 1.52. The molecule has 0 fully saturated rings. The second-order valence-electron chi connectivity index (χ2n) is 9.34. The molecule has 2 nitrogen and oxygen atoms in total. The zero-order valence-electron chi connectivity index (χ0n) is 19.9. The molecule has 6 aromatic carbocycles. The fourth-order valence-electron chi connectivity index (χ4n) is 5.61. The Bertz CT molecular complexity index is 2050. The average molecular weight is 492 g/mol. The van der Waals surface area contributed by atoms with E-state index in [9.17, 15) is 0 Å². The van der Waals surface area contributed by atoms with Crippen LogP contribution in [-0.2, 0) is 0 Å². The minimum absolute atomic E-state index is 0.959. The number of anilines is 3. The zero-order valence-corrected chi connectivity index (χ0v) is 20.7. The van der Waals surface area contributed by atoms with Crippen molar-refractivity contribution in [3.63, 3.8) is 0 Å². The van der Waals surface area contributed by atoms with E-state index in [4.69, 9.17) is 4.42 Å². The van der Waals surface area contributed by atoms with Crippen LogP contribution < -0.4 is 4.90 Å². The summed E-state index contributed by atoms with van der Waals surface area (Å²) in [5.41, 5.74) is 5.33. The molecule has 0 saturated heterocycles. The van der Waals surface area contributed by atoms with Gasteiger partial charge in [-0.05, 0) is 60.0 Å². The maximum Gasteiger partial charge on any atom is 0.144 e. The first-order valence-electron chi connectivity index (χ1n) is 12.5. The largest absolute Gasteiger partial charge is 0.455 e. The fourth-order valence-corrected chi connectivity index (χ4v) is 6.74. The van der Waals surface area contributed by atoms with Crippen LogP contribution in [0.4, 0.5) is 17.1 Å². The lowest BCUT2D eigenvalue weighted by molar-refractivity contribution is 0.677. The van der Waals surface area contributed by atoms with E-state index in [1.165, 1.54) is 25.6 Å². The molecule has 0 N–H and O–H groups in total. The minimum atomic E-state index is 0.959. The normalized spacial score (nSPS) is 11.8. The number of nitrogens with zero attached hydrogens (tertiary/aromatic N) is 1. The summed E-state index contributed by atoms with van der Waals surface area (Å²) in [6.45, 7) is 0. The summed E-state index contributed by atoms with van der Waals surface area (Å²) >= 11 is 1.83. The van der Waals surface area contributed by atoms with Crippen molar-refractivity contribution in [2.45, 2.75) is 0 Å². The Labute approximate surface area is 217 Å². The summed E-state index contributed by atoms with van der Waals surface area (Å²) in [5.74, 6) is 0. The third-order valence-electron chi connectivity index (χ3n) is 7.24. The van der Waals surface area contributed by atoms with Gasteiger partial charge in [0.05, 0.1) is 5.69 Å². The standard InChI is InChI=1S/C34H21NOS/c1-3-11-23(12-4-1)35(24-13-5-2-6-14-24)28-16-9-17-29-31(28)32-30(37-29)21-20-27-26-19-18-22-10-7-8-15-25(22)33(26)36-34(27)32/h1-21H. The number of thiophene rings is 1. The van der Waals surface area contributed by atoms with Crippen LogP contribution in [0.3, 0.4) is 0 Å². The molecule has 174 valence electrons. The van der Waals surface area contributed by atoms with Crippen LogP contribution in [0.25, 0.3) is 52.9 Å². The van der Waals surface area contributed by atoms with E-state index in [2.05, 4.69) is 132 Å². The van der Waals surface area contributed by atoms with Gasteiger partial charge in [-0.15, -0.1) is 11.3 Å². The predicted octanol–water partition coefficient (Wildman–Crippen LogP) is 10.6. The lowest BCUT2D eigenvalue weighted by atomic mass is 10.0. The van der Waals surface area contributed by atoms with Gasteiger partial charge < -0.3 is 9.32 Å². The molecule has 0 atom stereocenters. The molecule has 0 aliphatic rings. The number of furan rings is 1. The molecule has 0 bridgehead atoms. The number of hydrogen-bond acceptors (Lipinski definition) is 3. The van der Waals surface area contributed by atoms with Crippen molar-refractivity contribution >= 4 is 81.3 Å². The smallest absolute Gasteiger partial charge is 0.144 e. The number of rotatable bonds is 3. The lowest BCUT2D eigenvalue weighted by Crippen LogP contribution is -2.09. The molecule has 2 aromatic heterocycles. The summed E-state index contributed by atoms with van der Waals surface area (Å²) in [6, 6.07) is 45.1. The van der Waals surface area contributed by atoms with Gasteiger partial charge in [0.25, 0.3) is 0 Å². The summed E-state index contributed by atoms with van der Waals surface area (Å²) in [4.78, 5) is 2.35. The van der Waals surface area contributed by atoms with Crippen molar-refractivity contribution in [3.05, 3.63) is 127 Å². The Kier molecular flexibility index (Phi) is 4.42. The molecular weight excluding hydrogens is 470 g/mol. The second kappa shape index (κ2) is 7.95. The van der Waals surface area contributed by atoms with Crippen molar-refractivity contribution in [1.29, 1.82) is 0 Å². The van der Waals surface area contributed by atoms with Crippen molar-refractivity contribution < 1.29 is 4.42 Å². The first kappa shape index (κ1) is 20.6. The van der Waals surface area contributed by atoms with E-state index < -0.39 is 0 Å². The molecule has 2 heterocycles. The highest BCUT2D eigenvalue weighted by molar-refractivity contribution is 7.26. The quantitative estimate of drug-likeness (QED) is 0.244. The van der Waals surface area contributed by atoms with Gasteiger partial charge in [-0.1, -0.05) is 72.8 Å². The van der Waals surface area contributed by atoms with Gasteiger partial charge in [-0.3, -0.25) is 0 Å². The van der Waals surface area contributed by atoms with Crippen LogP contribution in [0.5, 0.6) is 0 Å². The van der Waals surface area contributed by atoms with Crippen molar-refractivity contribution in [3.8, 4) is 0 Å². The van der Waals surface area contributed by atoms with Gasteiger partial charge in [-0.25, -0.2) is 0 Å². The Morgan fingerprint density at radius 1 is 0.459 bits per heavy atom. The predicted molar refractivity (Wildman–Crippen MR) is 159 cm³/mol. The molecule has 0 aliphatic carbocycles. The number of para-hydroxylation sites is 2. The summed E-state index contributed by atoms with van der Waals surface area (Å²) in [6.07, 6.45) is 0. The van der Waals surface area contributed by atoms with E-state index in [-0.39, 0.29) is 0 Å². The van der Waals surface area contributed by atoms with E-state index in [0.29, 0.717) is 0 Å². The highest BCUT2D eigenvalue weighted by Gasteiger charge is 2.21. The first-order valence-corrected chi connectivity index (χ1v) is 13.3. The van der Waals surface area contributed by atoms with Gasteiger partial charge in [0.1, 0.15) is 11.2 Å². The van der Waals surface area contributed by atoms with Gasteiger partial charge in [0.15, 0.2) is 0 Å². The fraction of sp³-hybridized carbons (Fsp3) is 0.